The molecule has 2 aromatic rings. The average molecular weight is 599 g/mol. The molecule has 14 heteroatoms. The third kappa shape index (κ3) is 5.85. The highest BCUT2D eigenvalue weighted by Gasteiger charge is 2.48. The lowest BCUT2D eigenvalue weighted by atomic mass is 9.77. The van der Waals surface area contributed by atoms with Crippen LogP contribution in [0.1, 0.15) is 52.0 Å². The maximum Gasteiger partial charge on any atom is 0.499 e. The van der Waals surface area contributed by atoms with Gasteiger partial charge in [-0.3, -0.25) is 0 Å². The summed E-state index contributed by atoms with van der Waals surface area (Å²) in [6.07, 6.45) is -0.616. The van der Waals surface area contributed by atoms with Gasteiger partial charge in [0.15, 0.2) is 0 Å². The Balaban J connectivity index is 0.000000210. The summed E-state index contributed by atoms with van der Waals surface area (Å²) in [6, 6.07) is 7.13. The molecule has 4 heterocycles. The Bertz CT molecular complexity index is 1120. The number of ether oxygens (including phenoxy) is 2. The van der Waals surface area contributed by atoms with E-state index in [4.69, 9.17) is 62.8 Å². The molecule has 0 bridgehead atoms. The molecule has 0 radical (unpaired) electrons. The SMILES string of the molecule is C.C.C[C@@]1(CO)COc2ccc(Cl)c3c2B(O[C@@H]3CN)O1.C[C@]1(CO)COc2ccc(Cl)c3c2B(O[C@@H]3CN)O1. The minimum absolute atomic E-state index is 0. The van der Waals surface area contributed by atoms with Crippen molar-refractivity contribution in [3.8, 4) is 11.5 Å². The largest absolute Gasteiger partial charge is 0.499 e. The molecule has 0 spiro atoms. The fourth-order valence-electron chi connectivity index (χ4n) is 4.87. The Morgan fingerprint density at radius 3 is 1.48 bits per heavy atom. The van der Waals surface area contributed by atoms with E-state index in [1.807, 2.05) is 0 Å². The predicted octanol–water partition coefficient (Wildman–Crippen LogP) is 1.72. The Morgan fingerprint density at radius 1 is 0.775 bits per heavy atom. The number of nitrogens with two attached hydrogens (primary N) is 2. The van der Waals surface area contributed by atoms with Crippen molar-refractivity contribution in [1.29, 1.82) is 0 Å². The zero-order chi connectivity index (χ0) is 27.2. The first-order valence-corrected chi connectivity index (χ1v) is 13.1. The normalized spacial score (nSPS) is 27.4. The summed E-state index contributed by atoms with van der Waals surface area (Å²) in [5.41, 5.74) is 13.1. The first kappa shape index (κ1) is 32.9. The summed E-state index contributed by atoms with van der Waals surface area (Å²) in [6.45, 7) is 4.38. The van der Waals surface area contributed by atoms with Crippen molar-refractivity contribution in [3.05, 3.63) is 45.4 Å². The van der Waals surface area contributed by atoms with Gasteiger partial charge in [0.05, 0.1) is 25.4 Å². The molecule has 0 saturated heterocycles. The molecule has 4 atom stereocenters. The van der Waals surface area contributed by atoms with Crippen LogP contribution in [0.2, 0.25) is 10.0 Å². The highest BCUT2D eigenvalue weighted by Crippen LogP contribution is 2.38. The van der Waals surface area contributed by atoms with Gasteiger partial charge in [-0.2, -0.15) is 0 Å². The van der Waals surface area contributed by atoms with Gasteiger partial charge >= 0.3 is 14.2 Å². The Kier molecular flexibility index (Phi) is 10.5. The number of hydrogen-bond donors (Lipinski definition) is 4. The average Bonchev–Trinajstić information content (AvgIpc) is 3.38. The third-order valence-electron chi connectivity index (χ3n) is 7.03. The topological polar surface area (TPSA) is 148 Å². The molecule has 4 aliphatic heterocycles. The second-order valence-corrected chi connectivity index (χ2v) is 11.0. The van der Waals surface area contributed by atoms with Crippen LogP contribution in [0.5, 0.6) is 11.5 Å². The van der Waals surface area contributed by atoms with Gasteiger partial charge in [-0.15, -0.1) is 0 Å². The van der Waals surface area contributed by atoms with Gasteiger partial charge in [-0.1, -0.05) is 38.1 Å². The molecule has 0 saturated carbocycles. The van der Waals surface area contributed by atoms with Gasteiger partial charge in [-0.25, -0.2) is 0 Å². The van der Waals surface area contributed by atoms with Gasteiger partial charge in [0.1, 0.15) is 35.9 Å². The van der Waals surface area contributed by atoms with Crippen molar-refractivity contribution in [3.63, 3.8) is 0 Å². The van der Waals surface area contributed by atoms with E-state index >= 15 is 0 Å². The van der Waals surface area contributed by atoms with E-state index in [1.54, 1.807) is 38.1 Å². The molecule has 6 rings (SSSR count). The highest BCUT2D eigenvalue weighted by atomic mass is 35.5. The molecule has 220 valence electrons. The van der Waals surface area contributed by atoms with Gasteiger partial charge in [0.2, 0.25) is 0 Å². The van der Waals surface area contributed by atoms with Crippen LogP contribution in [-0.4, -0.2) is 75.2 Å². The summed E-state index contributed by atoms with van der Waals surface area (Å²) >= 11 is 12.4. The van der Waals surface area contributed by atoms with Crippen LogP contribution >= 0.6 is 23.2 Å². The van der Waals surface area contributed by atoms with Crippen molar-refractivity contribution < 1.29 is 38.3 Å². The minimum Gasteiger partial charge on any atom is -0.491 e. The van der Waals surface area contributed by atoms with E-state index in [0.717, 1.165) is 22.1 Å². The van der Waals surface area contributed by atoms with Crippen molar-refractivity contribution >= 4 is 48.4 Å². The summed E-state index contributed by atoms with van der Waals surface area (Å²) in [5.74, 6) is 1.36. The molecule has 0 amide bonds. The van der Waals surface area contributed by atoms with Gasteiger partial charge in [-0.05, 0) is 38.1 Å². The van der Waals surface area contributed by atoms with Crippen LogP contribution in [0.15, 0.2) is 24.3 Å². The number of rotatable bonds is 4. The number of aliphatic hydroxyl groups is 2. The quantitative estimate of drug-likeness (QED) is 0.383. The van der Waals surface area contributed by atoms with E-state index in [0.29, 0.717) is 34.6 Å². The van der Waals surface area contributed by atoms with E-state index in [2.05, 4.69) is 0 Å². The number of aliphatic hydroxyl groups excluding tert-OH is 2. The molecule has 0 unspecified atom stereocenters. The van der Waals surface area contributed by atoms with Crippen molar-refractivity contribution in [1.82, 2.24) is 0 Å². The fraction of sp³-hybridized carbons (Fsp3) is 0.538. The van der Waals surface area contributed by atoms with E-state index < -0.39 is 25.4 Å². The molecule has 2 aromatic carbocycles. The summed E-state index contributed by atoms with van der Waals surface area (Å²) < 4.78 is 34.8. The fourth-order valence-corrected chi connectivity index (χ4v) is 5.45. The Labute approximate surface area is 246 Å². The monoisotopic (exact) mass is 598 g/mol. The maximum atomic E-state index is 9.45. The molecule has 4 aliphatic rings. The summed E-state index contributed by atoms with van der Waals surface area (Å²) in [5, 5.41) is 20.1. The predicted molar refractivity (Wildman–Crippen MR) is 157 cm³/mol. The van der Waals surface area contributed by atoms with Crippen LogP contribution in [0.3, 0.4) is 0 Å². The maximum absolute atomic E-state index is 9.45. The summed E-state index contributed by atoms with van der Waals surface area (Å²) in [4.78, 5) is 0. The second-order valence-electron chi connectivity index (χ2n) is 10.2. The third-order valence-corrected chi connectivity index (χ3v) is 7.68. The number of halogens is 2. The lowest BCUT2D eigenvalue weighted by Gasteiger charge is -2.27. The second kappa shape index (κ2) is 12.7. The van der Waals surface area contributed by atoms with E-state index in [9.17, 15) is 10.2 Å². The van der Waals surface area contributed by atoms with E-state index in [1.165, 1.54) is 0 Å². The summed E-state index contributed by atoms with van der Waals surface area (Å²) in [7, 11) is -1.20. The molecule has 0 aliphatic carbocycles. The highest BCUT2D eigenvalue weighted by molar-refractivity contribution is 6.65. The van der Waals surface area contributed by atoms with Crippen LogP contribution in [-0.2, 0) is 18.6 Å². The molecular weight excluding hydrogens is 561 g/mol. The minimum atomic E-state index is -0.809. The van der Waals surface area contributed by atoms with Crippen LogP contribution in [0.25, 0.3) is 0 Å². The van der Waals surface area contributed by atoms with E-state index in [-0.39, 0.29) is 53.5 Å². The number of hydrogen-bond acceptors (Lipinski definition) is 10. The van der Waals surface area contributed by atoms with Crippen LogP contribution in [0, 0.1) is 0 Å². The smallest absolute Gasteiger partial charge is 0.491 e. The lowest BCUT2D eigenvalue weighted by molar-refractivity contribution is -0.0266. The Hall–Kier alpha value is -1.57. The zero-order valence-corrected chi connectivity index (χ0v) is 22.6. The van der Waals surface area contributed by atoms with Crippen LogP contribution in [0.4, 0.5) is 0 Å². The molecule has 40 heavy (non-hydrogen) atoms. The molecule has 0 fully saturated rings. The van der Waals surface area contributed by atoms with Gasteiger partial charge in [0.25, 0.3) is 0 Å². The molecule has 0 aromatic heterocycles. The molecule has 10 nitrogen and oxygen atoms in total. The van der Waals surface area contributed by atoms with Gasteiger partial charge in [0, 0.05) is 45.2 Å². The lowest BCUT2D eigenvalue weighted by Crippen LogP contribution is -2.45. The van der Waals surface area contributed by atoms with Crippen molar-refractivity contribution in [2.24, 2.45) is 11.5 Å². The Morgan fingerprint density at radius 2 is 1.15 bits per heavy atom. The van der Waals surface area contributed by atoms with Crippen molar-refractivity contribution in [2.45, 2.75) is 52.1 Å². The molecule has 6 N–H and O–H groups in total. The zero-order valence-electron chi connectivity index (χ0n) is 21.1. The molecular formula is C26H38B2Cl2N2O8. The van der Waals surface area contributed by atoms with Crippen LogP contribution < -0.4 is 31.9 Å². The number of benzene rings is 2. The first-order valence-electron chi connectivity index (χ1n) is 12.3. The first-order chi connectivity index (χ1) is 18.2. The van der Waals surface area contributed by atoms with Crippen molar-refractivity contribution in [2.75, 3.05) is 39.5 Å². The van der Waals surface area contributed by atoms with Gasteiger partial charge < -0.3 is 49.8 Å². The standard InChI is InChI=1S/2C12H15BClNO4.2CH4/c2*1-12(5-16)6-17-8-3-2-7(14)10-9(4-15)18-13(19-12)11(8)10;;/h2*2-3,9,16H,4-6,15H2,1H3;2*1H4/t9-,12+;9-,12-;;/m11../s1.